The van der Waals surface area contributed by atoms with Gasteiger partial charge in [0.15, 0.2) is 0 Å². The van der Waals surface area contributed by atoms with Crippen LogP contribution in [0.5, 0.6) is 0 Å². The molecule has 1 atom stereocenters. The maximum atomic E-state index is 5.56. The third-order valence-electron chi connectivity index (χ3n) is 3.40. The zero-order valence-corrected chi connectivity index (χ0v) is 13.2. The minimum Gasteiger partial charge on any atom is -0.382 e. The molecule has 0 aliphatic rings. The van der Waals surface area contributed by atoms with Crippen molar-refractivity contribution in [1.29, 1.82) is 0 Å². The second-order valence-electron chi connectivity index (χ2n) is 5.14. The minimum absolute atomic E-state index is 0.569. The molecule has 1 rings (SSSR count). The highest BCUT2D eigenvalue weighted by Crippen LogP contribution is 2.16. The van der Waals surface area contributed by atoms with Crippen molar-refractivity contribution in [3.63, 3.8) is 0 Å². The van der Waals surface area contributed by atoms with Gasteiger partial charge in [-0.3, -0.25) is 0 Å². The fraction of sp³-hybridized carbons (Fsp3) is 0.647. The summed E-state index contributed by atoms with van der Waals surface area (Å²) in [6, 6.07) is 9.07. The Bertz CT molecular complexity index is 355. The summed E-state index contributed by atoms with van der Waals surface area (Å²) in [5.41, 5.74) is 2.40. The molecule has 114 valence electrons. The molecule has 1 aromatic rings. The molecule has 20 heavy (non-hydrogen) atoms. The maximum Gasteiger partial charge on any atom is 0.0718 e. The van der Waals surface area contributed by atoms with Crippen molar-refractivity contribution in [3.05, 3.63) is 29.8 Å². The van der Waals surface area contributed by atoms with Gasteiger partial charge in [-0.1, -0.05) is 38.8 Å². The van der Waals surface area contributed by atoms with Crippen LogP contribution in [0.15, 0.2) is 24.3 Å². The first-order valence-corrected chi connectivity index (χ1v) is 7.72. The molecule has 0 amide bonds. The maximum absolute atomic E-state index is 5.56. The Labute approximate surface area is 123 Å². The first-order valence-electron chi connectivity index (χ1n) is 7.72. The van der Waals surface area contributed by atoms with Gasteiger partial charge in [-0.05, 0) is 30.5 Å². The summed E-state index contributed by atoms with van der Waals surface area (Å²) in [6.07, 6.45) is 4.94. The smallest absolute Gasteiger partial charge is 0.0718 e. The number of unbranched alkanes of at least 4 members (excludes halogenated alkanes) is 1. The molecule has 1 aromatic carbocycles. The van der Waals surface area contributed by atoms with E-state index in [4.69, 9.17) is 9.47 Å². The largest absolute Gasteiger partial charge is 0.382 e. The second kappa shape index (κ2) is 10.7. The van der Waals surface area contributed by atoms with E-state index in [0.29, 0.717) is 25.9 Å². The van der Waals surface area contributed by atoms with Crippen LogP contribution in [0.1, 0.15) is 45.1 Å². The Hall–Kier alpha value is -1.06. The second-order valence-corrected chi connectivity index (χ2v) is 5.14. The van der Waals surface area contributed by atoms with Crippen molar-refractivity contribution in [2.24, 2.45) is 0 Å². The summed E-state index contributed by atoms with van der Waals surface area (Å²) in [4.78, 5) is 0. The lowest BCUT2D eigenvalue weighted by Gasteiger charge is -2.18. The summed E-state index contributed by atoms with van der Waals surface area (Å²) in [5.74, 6) is 0. The molecule has 1 N–H and O–H groups in total. The number of ether oxygens (including phenoxy) is 2. The van der Waals surface area contributed by atoms with Gasteiger partial charge in [0.05, 0.1) is 19.8 Å². The average Bonchev–Trinajstić information content (AvgIpc) is 2.48. The highest BCUT2D eigenvalue weighted by Gasteiger charge is 2.05. The van der Waals surface area contributed by atoms with E-state index in [0.717, 1.165) is 6.42 Å². The number of hydrogen-bond acceptors (Lipinski definition) is 3. The van der Waals surface area contributed by atoms with Gasteiger partial charge in [0, 0.05) is 18.8 Å². The molecule has 0 saturated carbocycles. The first kappa shape index (κ1) is 17.0. The van der Waals surface area contributed by atoms with Crippen molar-refractivity contribution in [3.8, 4) is 0 Å². The van der Waals surface area contributed by atoms with E-state index < -0.39 is 0 Å². The predicted octanol–water partition coefficient (Wildman–Crippen LogP) is 4.23. The van der Waals surface area contributed by atoms with Crippen molar-refractivity contribution in [2.75, 3.05) is 25.6 Å². The number of anilines is 1. The molecule has 0 fully saturated rings. The number of benzene rings is 1. The Morgan fingerprint density at radius 3 is 2.75 bits per heavy atom. The third kappa shape index (κ3) is 6.92. The summed E-state index contributed by atoms with van der Waals surface area (Å²) < 4.78 is 10.5. The van der Waals surface area contributed by atoms with Crippen molar-refractivity contribution >= 4 is 5.69 Å². The highest BCUT2D eigenvalue weighted by molar-refractivity contribution is 5.46. The Morgan fingerprint density at radius 2 is 2.05 bits per heavy atom. The lowest BCUT2D eigenvalue weighted by Crippen LogP contribution is -2.18. The van der Waals surface area contributed by atoms with Crippen LogP contribution in [0.3, 0.4) is 0 Å². The molecule has 0 aromatic heterocycles. The topological polar surface area (TPSA) is 30.5 Å². The fourth-order valence-electron chi connectivity index (χ4n) is 2.15. The van der Waals surface area contributed by atoms with E-state index in [1.165, 1.54) is 30.5 Å². The van der Waals surface area contributed by atoms with Crippen LogP contribution in [-0.4, -0.2) is 26.4 Å². The van der Waals surface area contributed by atoms with Crippen LogP contribution in [0.25, 0.3) is 0 Å². The lowest BCUT2D eigenvalue weighted by molar-refractivity contribution is 0.0617. The molecule has 0 heterocycles. The van der Waals surface area contributed by atoms with E-state index in [9.17, 15) is 0 Å². The number of nitrogens with one attached hydrogen (secondary N) is 1. The highest BCUT2D eigenvalue weighted by atomic mass is 16.5. The third-order valence-corrected chi connectivity index (χ3v) is 3.40. The molecule has 3 nitrogen and oxygen atoms in total. The Balaban J connectivity index is 2.45. The summed E-state index contributed by atoms with van der Waals surface area (Å²) in [6.45, 7) is 6.41. The predicted molar refractivity (Wildman–Crippen MR) is 85.2 cm³/mol. The molecule has 0 saturated heterocycles. The van der Waals surface area contributed by atoms with Gasteiger partial charge in [-0.2, -0.15) is 0 Å². The Morgan fingerprint density at radius 1 is 1.20 bits per heavy atom. The summed E-state index contributed by atoms with van der Waals surface area (Å²) in [5, 5.41) is 3.63. The minimum atomic E-state index is 0.569. The molecule has 1 unspecified atom stereocenters. The van der Waals surface area contributed by atoms with Crippen LogP contribution in [0.4, 0.5) is 5.69 Å². The van der Waals surface area contributed by atoms with Crippen LogP contribution in [0, 0.1) is 0 Å². The van der Waals surface area contributed by atoms with Gasteiger partial charge in [0.2, 0.25) is 0 Å². The molecule has 0 bridgehead atoms. The van der Waals surface area contributed by atoms with Gasteiger partial charge in [0.1, 0.15) is 0 Å². The lowest BCUT2D eigenvalue weighted by atomic mass is 10.1. The number of methoxy groups -OCH3 is 1. The van der Waals surface area contributed by atoms with Gasteiger partial charge in [-0.25, -0.2) is 0 Å². The van der Waals surface area contributed by atoms with Crippen molar-refractivity contribution in [1.82, 2.24) is 0 Å². The van der Waals surface area contributed by atoms with Crippen LogP contribution in [0.2, 0.25) is 0 Å². The van der Waals surface area contributed by atoms with Crippen LogP contribution >= 0.6 is 0 Å². The van der Waals surface area contributed by atoms with E-state index in [2.05, 4.69) is 43.4 Å². The molecule has 0 radical (unpaired) electrons. The van der Waals surface area contributed by atoms with E-state index in [1.54, 1.807) is 7.11 Å². The van der Waals surface area contributed by atoms with E-state index in [1.807, 2.05) is 0 Å². The summed E-state index contributed by atoms with van der Waals surface area (Å²) in [7, 11) is 1.69. The SMILES string of the molecule is CCCCC(CC)Nc1cccc(COCCOC)c1. The zero-order chi connectivity index (χ0) is 14.6. The molecule has 3 heteroatoms. The van der Waals surface area contributed by atoms with Gasteiger partial charge in [0.25, 0.3) is 0 Å². The number of rotatable bonds is 11. The van der Waals surface area contributed by atoms with Crippen LogP contribution < -0.4 is 5.32 Å². The van der Waals surface area contributed by atoms with E-state index in [-0.39, 0.29) is 0 Å². The van der Waals surface area contributed by atoms with E-state index >= 15 is 0 Å². The molecule has 0 spiro atoms. The van der Waals surface area contributed by atoms with Gasteiger partial charge < -0.3 is 14.8 Å². The first-order chi connectivity index (χ1) is 9.80. The normalized spacial score (nSPS) is 12.3. The molecular weight excluding hydrogens is 250 g/mol. The number of hydrogen-bond donors (Lipinski definition) is 1. The zero-order valence-electron chi connectivity index (χ0n) is 13.2. The molecule has 0 aliphatic carbocycles. The van der Waals surface area contributed by atoms with Crippen LogP contribution in [-0.2, 0) is 16.1 Å². The van der Waals surface area contributed by atoms with Gasteiger partial charge >= 0.3 is 0 Å². The average molecular weight is 279 g/mol. The quantitative estimate of drug-likeness (QED) is 0.615. The van der Waals surface area contributed by atoms with Gasteiger partial charge in [-0.15, -0.1) is 0 Å². The fourth-order valence-corrected chi connectivity index (χ4v) is 2.15. The Kier molecular flexibility index (Phi) is 9.09. The van der Waals surface area contributed by atoms with Crippen molar-refractivity contribution < 1.29 is 9.47 Å². The monoisotopic (exact) mass is 279 g/mol. The molecular formula is C17H29NO2. The molecule has 0 aliphatic heterocycles. The standard InChI is InChI=1S/C17H29NO2/c1-4-6-9-16(5-2)18-17-10-7-8-15(13-17)14-20-12-11-19-3/h7-8,10,13,16,18H,4-6,9,11-12,14H2,1-3H3. The summed E-state index contributed by atoms with van der Waals surface area (Å²) >= 11 is 0. The van der Waals surface area contributed by atoms with Crippen molar-refractivity contribution in [2.45, 2.75) is 52.2 Å².